The van der Waals surface area contributed by atoms with Gasteiger partial charge in [-0.2, -0.15) is 0 Å². The van der Waals surface area contributed by atoms with Gasteiger partial charge in [-0.1, -0.05) is 0 Å². The Morgan fingerprint density at radius 3 is 2.67 bits per heavy atom. The number of nitrogens with one attached hydrogen (secondary N) is 1. The maximum atomic E-state index is 13.2. The lowest BCUT2D eigenvalue weighted by Crippen LogP contribution is -2.39. The van der Waals surface area contributed by atoms with E-state index in [1.807, 2.05) is 7.05 Å². The molecule has 1 fully saturated rings. The monoisotopic (exact) mass is 337 g/mol. The second kappa shape index (κ2) is 5.97. The summed E-state index contributed by atoms with van der Waals surface area (Å²) in [5.74, 6) is -2.06. The summed E-state index contributed by atoms with van der Waals surface area (Å²) in [6, 6.07) is 2.43. The summed E-state index contributed by atoms with van der Waals surface area (Å²) < 4.78 is 27.4. The van der Waals surface area contributed by atoms with E-state index in [0.29, 0.717) is 24.8 Å². The van der Waals surface area contributed by atoms with Crippen molar-refractivity contribution in [2.45, 2.75) is 44.1 Å². The Balaban J connectivity index is 1.93. The predicted molar refractivity (Wildman–Crippen MR) is 75.5 cm³/mol. The summed E-state index contributed by atoms with van der Waals surface area (Å²) in [5, 5.41) is 5.37. The average molecular weight is 338 g/mol. The normalized spacial score (nSPS) is 22.0. The summed E-state index contributed by atoms with van der Waals surface area (Å²) in [5.41, 5.74) is 0. The van der Waals surface area contributed by atoms with E-state index in [1.54, 1.807) is 11.3 Å². The Kier molecular flexibility index (Phi) is 4.78. The summed E-state index contributed by atoms with van der Waals surface area (Å²) >= 11 is 5.17. The molecule has 1 aliphatic carbocycles. The van der Waals surface area contributed by atoms with Crippen molar-refractivity contribution in [1.29, 1.82) is 0 Å². The van der Waals surface area contributed by atoms with Crippen molar-refractivity contribution >= 4 is 27.3 Å². The van der Waals surface area contributed by atoms with Crippen LogP contribution in [0.3, 0.4) is 0 Å². The van der Waals surface area contributed by atoms with Gasteiger partial charge in [-0.25, -0.2) is 8.78 Å². The molecule has 1 nitrogen and oxygen atoms in total. The fourth-order valence-electron chi connectivity index (χ4n) is 2.65. The third kappa shape index (κ3) is 3.75. The van der Waals surface area contributed by atoms with E-state index in [-0.39, 0.29) is 12.8 Å². The van der Waals surface area contributed by atoms with Crippen LogP contribution in [-0.4, -0.2) is 19.0 Å². The number of likely N-dealkylation sites (N-methyl/N-ethyl adjacent to an activating group) is 1. The van der Waals surface area contributed by atoms with E-state index in [9.17, 15) is 8.78 Å². The molecule has 2 rings (SSSR count). The van der Waals surface area contributed by atoms with Crippen molar-refractivity contribution in [3.05, 3.63) is 20.8 Å². The Morgan fingerprint density at radius 1 is 1.50 bits per heavy atom. The Bertz CT molecular complexity index is 384. The highest BCUT2D eigenvalue weighted by molar-refractivity contribution is 9.10. The lowest BCUT2D eigenvalue weighted by Gasteiger charge is -2.33. The fraction of sp³-hybridized carbons (Fsp3) is 0.692. The molecule has 0 aliphatic heterocycles. The Morgan fingerprint density at radius 2 is 2.17 bits per heavy atom. The van der Waals surface area contributed by atoms with Crippen LogP contribution in [0.5, 0.6) is 0 Å². The minimum Gasteiger partial charge on any atom is -0.316 e. The predicted octanol–water partition coefficient (Wildman–Crippen LogP) is 4.47. The standard InChI is InChI=1S/C13H18BrF2NS/c1-17-12(7-11-6-10(14)8-18-11)9-2-4-13(15,16)5-3-9/h6,8-9,12,17H,2-5,7H2,1H3. The van der Waals surface area contributed by atoms with Crippen LogP contribution in [0.2, 0.25) is 0 Å². The molecule has 1 saturated carbocycles. The van der Waals surface area contributed by atoms with Crippen LogP contribution >= 0.6 is 27.3 Å². The maximum Gasteiger partial charge on any atom is 0.248 e. The molecule has 1 aromatic rings. The molecule has 18 heavy (non-hydrogen) atoms. The zero-order chi connectivity index (χ0) is 13.2. The molecule has 0 aromatic carbocycles. The van der Waals surface area contributed by atoms with Gasteiger partial charge in [0.2, 0.25) is 5.92 Å². The highest BCUT2D eigenvalue weighted by atomic mass is 79.9. The molecule has 0 spiro atoms. The largest absolute Gasteiger partial charge is 0.316 e. The molecule has 1 heterocycles. The first-order valence-corrected chi connectivity index (χ1v) is 7.95. The molecular formula is C13H18BrF2NS. The molecule has 0 saturated heterocycles. The first-order chi connectivity index (χ1) is 8.50. The second-order valence-electron chi connectivity index (χ2n) is 5.02. The van der Waals surface area contributed by atoms with Crippen LogP contribution in [-0.2, 0) is 6.42 Å². The van der Waals surface area contributed by atoms with Gasteiger partial charge >= 0.3 is 0 Å². The number of halogens is 3. The smallest absolute Gasteiger partial charge is 0.248 e. The van der Waals surface area contributed by atoms with Crippen LogP contribution in [0.25, 0.3) is 0 Å². The molecule has 0 bridgehead atoms. The first kappa shape index (κ1) is 14.4. The second-order valence-corrected chi connectivity index (χ2v) is 6.94. The van der Waals surface area contributed by atoms with Gasteiger partial charge in [0.05, 0.1) is 0 Å². The lowest BCUT2D eigenvalue weighted by molar-refractivity contribution is -0.0492. The van der Waals surface area contributed by atoms with Gasteiger partial charge in [0, 0.05) is 33.6 Å². The summed E-state index contributed by atoms with van der Waals surface area (Å²) in [6.45, 7) is 0. The first-order valence-electron chi connectivity index (χ1n) is 6.28. The van der Waals surface area contributed by atoms with E-state index >= 15 is 0 Å². The molecule has 5 heteroatoms. The van der Waals surface area contributed by atoms with Crippen molar-refractivity contribution in [1.82, 2.24) is 5.32 Å². The molecule has 0 amide bonds. The Hall–Kier alpha value is -0.0000000000000000833. The number of alkyl halides is 2. The molecule has 1 atom stereocenters. The molecule has 102 valence electrons. The van der Waals surface area contributed by atoms with Gasteiger partial charge in [0.1, 0.15) is 0 Å². The minimum atomic E-state index is -2.43. The van der Waals surface area contributed by atoms with Gasteiger partial charge in [-0.3, -0.25) is 0 Å². The number of rotatable bonds is 4. The fourth-order valence-corrected chi connectivity index (χ4v) is 4.16. The highest BCUT2D eigenvalue weighted by Gasteiger charge is 2.37. The van der Waals surface area contributed by atoms with Crippen LogP contribution in [0.1, 0.15) is 30.6 Å². The summed E-state index contributed by atoms with van der Waals surface area (Å²) in [4.78, 5) is 1.30. The molecule has 1 aliphatic rings. The van der Waals surface area contributed by atoms with E-state index in [1.165, 1.54) is 4.88 Å². The number of hydrogen-bond donors (Lipinski definition) is 1. The van der Waals surface area contributed by atoms with E-state index in [2.05, 4.69) is 32.7 Å². The van der Waals surface area contributed by atoms with Crippen molar-refractivity contribution in [3.63, 3.8) is 0 Å². The van der Waals surface area contributed by atoms with Crippen molar-refractivity contribution in [2.24, 2.45) is 5.92 Å². The van der Waals surface area contributed by atoms with E-state index in [0.717, 1.165) is 10.9 Å². The topological polar surface area (TPSA) is 12.0 Å². The van der Waals surface area contributed by atoms with Crippen LogP contribution in [0.15, 0.2) is 15.9 Å². The van der Waals surface area contributed by atoms with E-state index in [4.69, 9.17) is 0 Å². The van der Waals surface area contributed by atoms with Crippen LogP contribution in [0, 0.1) is 5.92 Å². The van der Waals surface area contributed by atoms with Crippen molar-refractivity contribution in [2.75, 3.05) is 7.05 Å². The average Bonchev–Trinajstić information content (AvgIpc) is 2.72. The van der Waals surface area contributed by atoms with Crippen LogP contribution < -0.4 is 5.32 Å². The molecule has 1 aromatic heterocycles. The van der Waals surface area contributed by atoms with E-state index < -0.39 is 5.92 Å². The highest BCUT2D eigenvalue weighted by Crippen LogP contribution is 2.38. The van der Waals surface area contributed by atoms with Gasteiger partial charge in [-0.05, 0) is 54.2 Å². The maximum absolute atomic E-state index is 13.2. The number of hydrogen-bond acceptors (Lipinski definition) is 2. The Labute approximate surface area is 119 Å². The zero-order valence-corrected chi connectivity index (χ0v) is 12.8. The van der Waals surface area contributed by atoms with Gasteiger partial charge < -0.3 is 5.32 Å². The van der Waals surface area contributed by atoms with Crippen molar-refractivity contribution in [3.8, 4) is 0 Å². The molecule has 0 radical (unpaired) electrons. The molecule has 1 unspecified atom stereocenters. The minimum absolute atomic E-state index is 0.0456. The van der Waals surface area contributed by atoms with Crippen LogP contribution in [0.4, 0.5) is 8.78 Å². The summed E-state index contributed by atoms with van der Waals surface area (Å²) in [7, 11) is 1.93. The molecule has 1 N–H and O–H groups in total. The summed E-state index contributed by atoms with van der Waals surface area (Å²) in [6.07, 6.45) is 2.28. The van der Waals surface area contributed by atoms with Gasteiger partial charge in [0.15, 0.2) is 0 Å². The number of thiophene rings is 1. The van der Waals surface area contributed by atoms with Gasteiger partial charge in [0.25, 0.3) is 0 Å². The third-order valence-electron chi connectivity index (χ3n) is 3.74. The molecular weight excluding hydrogens is 320 g/mol. The quantitative estimate of drug-likeness (QED) is 0.854. The van der Waals surface area contributed by atoms with Gasteiger partial charge in [-0.15, -0.1) is 11.3 Å². The SMILES string of the molecule is CNC(Cc1cc(Br)cs1)C1CCC(F)(F)CC1. The lowest BCUT2D eigenvalue weighted by atomic mass is 9.81. The van der Waals surface area contributed by atoms with Crippen molar-refractivity contribution < 1.29 is 8.78 Å². The zero-order valence-electron chi connectivity index (χ0n) is 10.4. The third-order valence-corrected chi connectivity index (χ3v) is 5.46.